The summed E-state index contributed by atoms with van der Waals surface area (Å²) in [6.45, 7) is 1.73. The largest absolute Gasteiger partial charge is 0.419 e. The third-order valence-electron chi connectivity index (χ3n) is 4.44. The molecule has 2 N–H and O–H groups in total. The fraction of sp³-hybridized carbons (Fsp3) is 0.300. The van der Waals surface area contributed by atoms with Gasteiger partial charge in [0.1, 0.15) is 0 Å². The van der Waals surface area contributed by atoms with Crippen molar-refractivity contribution < 1.29 is 9.21 Å². The van der Waals surface area contributed by atoms with Gasteiger partial charge in [0.15, 0.2) is 5.58 Å². The van der Waals surface area contributed by atoms with Gasteiger partial charge in [-0.15, -0.1) is 0 Å². The van der Waals surface area contributed by atoms with Crippen LogP contribution in [0.15, 0.2) is 57.7 Å². The first-order valence-corrected chi connectivity index (χ1v) is 9.27. The van der Waals surface area contributed by atoms with Gasteiger partial charge in [-0.2, -0.15) is 0 Å². The van der Waals surface area contributed by atoms with E-state index in [4.69, 9.17) is 21.8 Å². The molecule has 0 atom stereocenters. The van der Waals surface area contributed by atoms with Crippen molar-refractivity contribution in [2.45, 2.75) is 19.4 Å². The predicted octanol–water partition coefficient (Wildman–Crippen LogP) is 2.67. The summed E-state index contributed by atoms with van der Waals surface area (Å²) in [5.41, 5.74) is 7.88. The molecule has 0 radical (unpaired) electrons. The van der Waals surface area contributed by atoms with Crippen LogP contribution in [0.4, 0.5) is 0 Å². The number of hydrogen-bond acceptors (Lipinski definition) is 4. The van der Waals surface area contributed by atoms with Crippen molar-refractivity contribution >= 4 is 28.6 Å². The maximum absolute atomic E-state index is 12.7. The summed E-state index contributed by atoms with van der Waals surface area (Å²) >= 11 is 5.93. The van der Waals surface area contributed by atoms with Gasteiger partial charge in [0, 0.05) is 43.7 Å². The van der Waals surface area contributed by atoms with Crippen molar-refractivity contribution in [3.63, 3.8) is 0 Å². The van der Waals surface area contributed by atoms with E-state index >= 15 is 0 Å². The van der Waals surface area contributed by atoms with Crippen molar-refractivity contribution in [3.8, 4) is 0 Å². The zero-order valence-corrected chi connectivity index (χ0v) is 15.7. The molecule has 3 rings (SSSR count). The van der Waals surface area contributed by atoms with E-state index in [0.29, 0.717) is 35.8 Å². The lowest BCUT2D eigenvalue weighted by Gasteiger charge is -2.22. The second-order valence-electron chi connectivity index (χ2n) is 6.29. The number of amides is 1. The van der Waals surface area contributed by atoms with Crippen LogP contribution in [0.3, 0.4) is 0 Å². The number of benzene rings is 2. The third-order valence-corrected chi connectivity index (χ3v) is 4.68. The molecule has 142 valence electrons. The lowest BCUT2D eigenvalue weighted by molar-refractivity contribution is -0.131. The fourth-order valence-corrected chi connectivity index (χ4v) is 3.21. The number of aryl methyl sites for hydroxylation is 1. The SMILES string of the molecule is NCCN(CCc1ccccc1)C(=O)CCn1c(=O)oc2cc(Cl)ccc21. The van der Waals surface area contributed by atoms with E-state index in [0.717, 1.165) is 6.42 Å². The topological polar surface area (TPSA) is 81.5 Å². The maximum atomic E-state index is 12.7. The van der Waals surface area contributed by atoms with Gasteiger partial charge in [-0.1, -0.05) is 41.9 Å². The first-order valence-electron chi connectivity index (χ1n) is 8.89. The zero-order chi connectivity index (χ0) is 19.2. The van der Waals surface area contributed by atoms with Crippen LogP contribution >= 0.6 is 11.6 Å². The Labute approximate surface area is 162 Å². The molecule has 0 unspecified atom stereocenters. The van der Waals surface area contributed by atoms with Crippen LogP contribution in [0.2, 0.25) is 5.02 Å². The highest BCUT2D eigenvalue weighted by Crippen LogP contribution is 2.18. The fourth-order valence-electron chi connectivity index (χ4n) is 3.04. The third kappa shape index (κ3) is 4.78. The molecule has 0 saturated heterocycles. The maximum Gasteiger partial charge on any atom is 0.419 e. The zero-order valence-electron chi connectivity index (χ0n) is 14.9. The number of rotatable bonds is 8. The number of fused-ring (bicyclic) bond motifs is 1. The van der Waals surface area contributed by atoms with Gasteiger partial charge in [-0.25, -0.2) is 4.79 Å². The molecule has 0 aliphatic heterocycles. The molecule has 27 heavy (non-hydrogen) atoms. The minimum atomic E-state index is -0.491. The number of carbonyl (C=O) groups excluding carboxylic acids is 1. The van der Waals surface area contributed by atoms with E-state index in [-0.39, 0.29) is 18.9 Å². The summed E-state index contributed by atoms with van der Waals surface area (Å²) in [6.07, 6.45) is 0.964. The monoisotopic (exact) mass is 387 g/mol. The van der Waals surface area contributed by atoms with E-state index in [1.54, 1.807) is 23.1 Å². The molecular weight excluding hydrogens is 366 g/mol. The Hall–Kier alpha value is -2.57. The summed E-state index contributed by atoms with van der Waals surface area (Å²) in [4.78, 5) is 26.5. The molecule has 1 aromatic heterocycles. The van der Waals surface area contributed by atoms with Crippen LogP contribution in [0.25, 0.3) is 11.1 Å². The normalized spacial score (nSPS) is 11.0. The van der Waals surface area contributed by atoms with Gasteiger partial charge in [0.05, 0.1) is 5.52 Å². The molecule has 3 aromatic rings. The van der Waals surface area contributed by atoms with Gasteiger partial charge >= 0.3 is 5.76 Å². The van der Waals surface area contributed by atoms with Gasteiger partial charge < -0.3 is 15.1 Å². The quantitative estimate of drug-likeness (QED) is 0.644. The molecule has 0 spiro atoms. The lowest BCUT2D eigenvalue weighted by Crippen LogP contribution is -2.37. The first-order chi connectivity index (χ1) is 13.1. The van der Waals surface area contributed by atoms with Crippen molar-refractivity contribution in [2.75, 3.05) is 19.6 Å². The molecule has 0 aliphatic rings. The van der Waals surface area contributed by atoms with Crippen LogP contribution in [-0.4, -0.2) is 35.0 Å². The minimum Gasteiger partial charge on any atom is -0.408 e. The summed E-state index contributed by atoms with van der Waals surface area (Å²) < 4.78 is 6.66. The minimum absolute atomic E-state index is 0.0356. The molecule has 0 fully saturated rings. The smallest absolute Gasteiger partial charge is 0.408 e. The Morgan fingerprint density at radius 3 is 2.67 bits per heavy atom. The summed E-state index contributed by atoms with van der Waals surface area (Å²) in [5, 5.41) is 0.495. The summed E-state index contributed by atoms with van der Waals surface area (Å²) in [6, 6.07) is 15.0. The average molecular weight is 388 g/mol. The van der Waals surface area contributed by atoms with Crippen molar-refractivity contribution in [1.29, 1.82) is 0 Å². The highest BCUT2D eigenvalue weighted by molar-refractivity contribution is 6.31. The number of nitrogens with zero attached hydrogens (tertiary/aromatic N) is 2. The summed E-state index contributed by atoms with van der Waals surface area (Å²) in [5.74, 6) is -0.527. The average Bonchev–Trinajstić information content (AvgIpc) is 2.98. The number of carbonyl (C=O) groups is 1. The molecule has 0 bridgehead atoms. The van der Waals surface area contributed by atoms with E-state index < -0.39 is 5.76 Å². The van der Waals surface area contributed by atoms with Crippen LogP contribution in [0, 0.1) is 0 Å². The number of halogens is 1. The Morgan fingerprint density at radius 1 is 1.15 bits per heavy atom. The molecule has 0 aliphatic carbocycles. The van der Waals surface area contributed by atoms with Crippen LogP contribution in [0.1, 0.15) is 12.0 Å². The molecule has 1 amide bonds. The van der Waals surface area contributed by atoms with E-state index in [9.17, 15) is 9.59 Å². The van der Waals surface area contributed by atoms with E-state index in [2.05, 4.69) is 0 Å². The highest BCUT2D eigenvalue weighted by atomic mass is 35.5. The Balaban J connectivity index is 1.65. The Kier molecular flexibility index (Phi) is 6.32. The van der Waals surface area contributed by atoms with Crippen molar-refractivity contribution in [3.05, 3.63) is 69.7 Å². The Bertz CT molecular complexity index is 966. The summed E-state index contributed by atoms with van der Waals surface area (Å²) in [7, 11) is 0. The van der Waals surface area contributed by atoms with Crippen LogP contribution in [0.5, 0.6) is 0 Å². The van der Waals surface area contributed by atoms with Crippen molar-refractivity contribution in [1.82, 2.24) is 9.47 Å². The van der Waals surface area contributed by atoms with Crippen LogP contribution in [-0.2, 0) is 17.8 Å². The van der Waals surface area contributed by atoms with Gasteiger partial charge in [0.2, 0.25) is 5.91 Å². The lowest BCUT2D eigenvalue weighted by atomic mass is 10.1. The Morgan fingerprint density at radius 2 is 1.93 bits per heavy atom. The van der Waals surface area contributed by atoms with Gasteiger partial charge in [0.25, 0.3) is 0 Å². The second-order valence-corrected chi connectivity index (χ2v) is 6.72. The number of hydrogen-bond donors (Lipinski definition) is 1. The molecule has 1 heterocycles. The van der Waals surface area contributed by atoms with Crippen LogP contribution < -0.4 is 11.5 Å². The predicted molar refractivity (Wildman–Crippen MR) is 106 cm³/mol. The first kappa shape index (κ1) is 19.2. The molecule has 6 nitrogen and oxygen atoms in total. The molecule has 0 saturated carbocycles. The van der Waals surface area contributed by atoms with Gasteiger partial charge in [-0.05, 0) is 24.1 Å². The van der Waals surface area contributed by atoms with E-state index in [1.165, 1.54) is 10.1 Å². The highest BCUT2D eigenvalue weighted by Gasteiger charge is 2.15. The molecule has 7 heteroatoms. The molecule has 2 aromatic carbocycles. The standard InChI is InChI=1S/C20H22ClN3O3/c21-16-6-7-17-18(14-16)27-20(26)24(17)12-9-19(25)23(13-10-22)11-8-15-4-2-1-3-5-15/h1-7,14H,8-13,22H2. The molecular formula is C20H22ClN3O3. The second kappa shape index (κ2) is 8.88. The number of oxazole rings is 1. The number of aromatic nitrogens is 1. The number of nitrogens with two attached hydrogens (primary N) is 1. The van der Waals surface area contributed by atoms with Gasteiger partial charge in [-0.3, -0.25) is 9.36 Å². The van der Waals surface area contributed by atoms with E-state index in [1.807, 2.05) is 30.3 Å². The van der Waals surface area contributed by atoms with Crippen molar-refractivity contribution in [2.24, 2.45) is 5.73 Å².